The van der Waals surface area contributed by atoms with Crippen molar-refractivity contribution >= 4 is 10.2 Å². The maximum atomic E-state index is 11.8. The molecule has 0 spiro atoms. The molecule has 0 aromatic carbocycles. The number of nitrogens with one attached hydrogen (secondary N) is 1. The van der Waals surface area contributed by atoms with Gasteiger partial charge in [0, 0.05) is 52.0 Å². The van der Waals surface area contributed by atoms with Gasteiger partial charge in [-0.15, -0.1) is 0 Å². The van der Waals surface area contributed by atoms with Crippen LogP contribution in [0.15, 0.2) is 6.20 Å². The highest BCUT2D eigenvalue weighted by atomic mass is 32.2. The van der Waals surface area contributed by atoms with Crippen molar-refractivity contribution in [2.24, 2.45) is 7.05 Å². The average Bonchev–Trinajstić information content (AvgIpc) is 2.78. The molecular formula is C15H29N5O2S. The van der Waals surface area contributed by atoms with Gasteiger partial charge in [0.15, 0.2) is 0 Å². The summed E-state index contributed by atoms with van der Waals surface area (Å²) < 4.78 is 29.3. The number of piperidine rings is 1. The molecule has 0 aliphatic carbocycles. The van der Waals surface area contributed by atoms with Gasteiger partial charge in [-0.1, -0.05) is 6.42 Å². The summed E-state index contributed by atoms with van der Waals surface area (Å²) >= 11 is 0. The summed E-state index contributed by atoms with van der Waals surface area (Å²) in [5, 5.41) is 4.41. The van der Waals surface area contributed by atoms with E-state index in [1.165, 1.54) is 22.7 Å². The fourth-order valence-corrected chi connectivity index (χ4v) is 3.74. The minimum absolute atomic E-state index is 0.424. The summed E-state index contributed by atoms with van der Waals surface area (Å²) in [5.41, 5.74) is 2.33. The van der Waals surface area contributed by atoms with Crippen LogP contribution in [0.2, 0.25) is 0 Å². The third-order valence-corrected chi connectivity index (χ3v) is 6.01. The third-order valence-electron chi connectivity index (χ3n) is 4.48. The Morgan fingerprint density at radius 3 is 2.74 bits per heavy atom. The van der Waals surface area contributed by atoms with Crippen LogP contribution < -0.4 is 4.72 Å². The Morgan fingerprint density at radius 2 is 2.13 bits per heavy atom. The molecule has 1 saturated heterocycles. The highest BCUT2D eigenvalue weighted by Gasteiger charge is 2.24. The Labute approximate surface area is 139 Å². The largest absolute Gasteiger partial charge is 0.296 e. The molecular weight excluding hydrogens is 314 g/mol. The van der Waals surface area contributed by atoms with Crippen LogP contribution in [0, 0.1) is 6.92 Å². The molecule has 1 N–H and O–H groups in total. The van der Waals surface area contributed by atoms with Gasteiger partial charge < -0.3 is 0 Å². The lowest BCUT2D eigenvalue weighted by molar-refractivity contribution is 0.133. The van der Waals surface area contributed by atoms with Crippen LogP contribution >= 0.6 is 0 Å². The van der Waals surface area contributed by atoms with Gasteiger partial charge in [-0.2, -0.15) is 17.8 Å². The van der Waals surface area contributed by atoms with E-state index in [1.807, 2.05) is 18.7 Å². The van der Waals surface area contributed by atoms with Gasteiger partial charge in [-0.3, -0.25) is 9.58 Å². The maximum Gasteiger partial charge on any atom is 0.278 e. The van der Waals surface area contributed by atoms with Gasteiger partial charge in [0.25, 0.3) is 10.2 Å². The molecule has 1 atom stereocenters. The predicted octanol–water partition coefficient (Wildman–Crippen LogP) is 0.869. The van der Waals surface area contributed by atoms with E-state index < -0.39 is 10.2 Å². The van der Waals surface area contributed by atoms with Crippen molar-refractivity contribution in [2.75, 3.05) is 27.2 Å². The maximum absolute atomic E-state index is 11.8. The first kappa shape index (κ1) is 18.4. The number of aromatic nitrogens is 2. The van der Waals surface area contributed by atoms with Gasteiger partial charge in [-0.25, -0.2) is 4.72 Å². The number of likely N-dealkylation sites (tertiary alicyclic amines) is 1. The van der Waals surface area contributed by atoms with E-state index in [0.29, 0.717) is 12.6 Å². The van der Waals surface area contributed by atoms with E-state index in [9.17, 15) is 8.42 Å². The minimum Gasteiger partial charge on any atom is -0.296 e. The Kier molecular flexibility index (Phi) is 6.19. The summed E-state index contributed by atoms with van der Waals surface area (Å²) in [6.45, 7) is 4.48. The summed E-state index contributed by atoms with van der Waals surface area (Å²) in [5.74, 6) is 0. The summed E-state index contributed by atoms with van der Waals surface area (Å²) in [6, 6.07) is 0.424. The van der Waals surface area contributed by atoms with Crippen LogP contribution in [0.4, 0.5) is 0 Å². The first-order valence-electron chi connectivity index (χ1n) is 8.20. The molecule has 7 nitrogen and oxygen atoms in total. The Balaban J connectivity index is 1.92. The molecule has 1 aromatic heterocycles. The van der Waals surface area contributed by atoms with E-state index in [2.05, 4.69) is 20.9 Å². The third kappa shape index (κ3) is 5.00. The number of nitrogens with zero attached hydrogens (tertiary/aromatic N) is 4. The van der Waals surface area contributed by atoms with Crippen molar-refractivity contribution in [1.29, 1.82) is 0 Å². The van der Waals surface area contributed by atoms with Crippen molar-refractivity contribution in [3.05, 3.63) is 17.5 Å². The van der Waals surface area contributed by atoms with Gasteiger partial charge in [0.2, 0.25) is 0 Å². The van der Waals surface area contributed by atoms with Crippen molar-refractivity contribution in [3.8, 4) is 0 Å². The molecule has 1 aromatic rings. The van der Waals surface area contributed by atoms with Crippen LogP contribution in [0.25, 0.3) is 0 Å². The summed E-state index contributed by atoms with van der Waals surface area (Å²) in [6.07, 6.45) is 6.47. The zero-order chi connectivity index (χ0) is 17.0. The van der Waals surface area contributed by atoms with Gasteiger partial charge in [-0.05, 0) is 32.7 Å². The second kappa shape index (κ2) is 7.74. The van der Waals surface area contributed by atoms with Crippen LogP contribution in [0.3, 0.4) is 0 Å². The predicted molar refractivity (Wildman–Crippen MR) is 91.2 cm³/mol. The van der Waals surface area contributed by atoms with Crippen LogP contribution in [-0.4, -0.2) is 60.6 Å². The lowest BCUT2D eigenvalue weighted by Gasteiger charge is -2.35. The first-order valence-corrected chi connectivity index (χ1v) is 9.64. The van der Waals surface area contributed by atoms with Crippen molar-refractivity contribution in [3.63, 3.8) is 0 Å². The molecule has 2 heterocycles. The van der Waals surface area contributed by atoms with Crippen LogP contribution in [-0.2, 0) is 23.8 Å². The van der Waals surface area contributed by atoms with E-state index in [1.54, 1.807) is 14.1 Å². The molecule has 132 valence electrons. The Hall–Kier alpha value is -0.960. The Morgan fingerprint density at radius 1 is 1.39 bits per heavy atom. The van der Waals surface area contributed by atoms with Gasteiger partial charge in [0.1, 0.15) is 0 Å². The first-order chi connectivity index (χ1) is 10.8. The van der Waals surface area contributed by atoms with E-state index in [0.717, 1.165) is 31.6 Å². The fraction of sp³-hybridized carbons (Fsp3) is 0.800. The monoisotopic (exact) mass is 343 g/mol. The number of hydrogen-bond acceptors (Lipinski definition) is 4. The Bertz CT molecular complexity index is 611. The second-order valence-corrected chi connectivity index (χ2v) is 8.47. The molecule has 8 heteroatoms. The van der Waals surface area contributed by atoms with Gasteiger partial charge in [0.05, 0.1) is 5.69 Å². The number of hydrogen-bond donors (Lipinski definition) is 1. The van der Waals surface area contributed by atoms with E-state index >= 15 is 0 Å². The van der Waals surface area contributed by atoms with Crippen LogP contribution in [0.1, 0.15) is 36.9 Å². The van der Waals surface area contributed by atoms with Crippen LogP contribution in [0.5, 0.6) is 0 Å². The number of aryl methyl sites for hydroxylation is 2. The van der Waals surface area contributed by atoms with Crippen molar-refractivity contribution in [2.45, 2.75) is 45.2 Å². The second-order valence-electron chi connectivity index (χ2n) is 6.50. The molecule has 1 aliphatic heterocycles. The highest BCUT2D eigenvalue weighted by Crippen LogP contribution is 2.22. The molecule has 0 saturated carbocycles. The number of rotatable bonds is 7. The molecule has 0 unspecified atom stereocenters. The topological polar surface area (TPSA) is 70.5 Å². The molecule has 1 aliphatic rings. The quantitative estimate of drug-likeness (QED) is 0.797. The SMILES string of the molecule is Cc1nn(C)cc1CN1CCCC[C@H]1CCNS(=O)(=O)N(C)C. The zero-order valence-corrected chi connectivity index (χ0v) is 15.4. The minimum atomic E-state index is -3.33. The lowest BCUT2D eigenvalue weighted by Crippen LogP contribution is -2.42. The van der Waals surface area contributed by atoms with Crippen molar-refractivity contribution in [1.82, 2.24) is 23.7 Å². The standard InChI is InChI=1S/C15H29N5O2S/c1-13-14(11-19(4)17-13)12-20-10-6-5-7-15(20)8-9-16-23(21,22)18(2)3/h11,15-16H,5-10,12H2,1-4H3/t15-/m0/s1. The fourth-order valence-electron chi connectivity index (χ4n) is 3.10. The highest BCUT2D eigenvalue weighted by molar-refractivity contribution is 7.87. The van der Waals surface area contributed by atoms with Crippen molar-refractivity contribution < 1.29 is 8.42 Å². The van der Waals surface area contributed by atoms with E-state index in [4.69, 9.17) is 0 Å². The molecule has 0 amide bonds. The molecule has 0 radical (unpaired) electrons. The molecule has 0 bridgehead atoms. The molecule has 1 fully saturated rings. The molecule has 23 heavy (non-hydrogen) atoms. The zero-order valence-electron chi connectivity index (χ0n) is 14.6. The van der Waals surface area contributed by atoms with Gasteiger partial charge >= 0.3 is 0 Å². The normalized spacial score (nSPS) is 20.3. The smallest absolute Gasteiger partial charge is 0.278 e. The molecule has 2 rings (SSSR count). The summed E-state index contributed by atoms with van der Waals surface area (Å²) in [7, 11) is 1.70. The van der Waals surface area contributed by atoms with E-state index in [-0.39, 0.29) is 0 Å². The lowest BCUT2D eigenvalue weighted by atomic mass is 9.98. The summed E-state index contributed by atoms with van der Waals surface area (Å²) in [4.78, 5) is 2.47. The average molecular weight is 343 g/mol.